The zero-order valence-corrected chi connectivity index (χ0v) is 76.1. The first-order valence-electron chi connectivity index (χ1n) is 42.2. The van der Waals surface area contributed by atoms with Crippen molar-refractivity contribution in [2.45, 2.75) is 0 Å². The number of furan rings is 3. The van der Waals surface area contributed by atoms with Crippen LogP contribution in [0.5, 0.6) is 0 Å². The minimum atomic E-state index is 0. The summed E-state index contributed by atoms with van der Waals surface area (Å²) in [7, 11) is 5.99. The predicted molar refractivity (Wildman–Crippen MR) is 508 cm³/mol. The molecule has 0 atom stereocenters. The summed E-state index contributed by atoms with van der Waals surface area (Å²) in [5, 5.41) is 10.4. The van der Waals surface area contributed by atoms with Crippen molar-refractivity contribution in [1.29, 1.82) is 0 Å². The van der Waals surface area contributed by atoms with Crippen LogP contribution in [-0.4, -0.2) is 85.4 Å². The largest absolute Gasteiger partial charge is 2.00 e. The molecule has 7 aromatic carbocycles. The van der Waals surface area contributed by atoms with Gasteiger partial charge in [-0.2, -0.15) is 29.4 Å². The summed E-state index contributed by atoms with van der Waals surface area (Å²) in [5.41, 5.74) is 19.0. The molecular weight excluding hydrogens is 1870 g/mol. The van der Waals surface area contributed by atoms with Crippen molar-refractivity contribution in [3.05, 3.63) is 408 Å². The van der Waals surface area contributed by atoms with Crippen LogP contribution in [0.3, 0.4) is 0 Å². The molecule has 0 N–H and O–H groups in total. The van der Waals surface area contributed by atoms with Gasteiger partial charge in [-0.25, -0.2) is 39.6 Å². The first-order chi connectivity index (χ1) is 64.7. The summed E-state index contributed by atoms with van der Waals surface area (Å²) < 4.78 is 36.1. The van der Waals surface area contributed by atoms with Gasteiger partial charge in [-0.3, -0.25) is 29.0 Å². The summed E-state index contributed by atoms with van der Waals surface area (Å²) in [6.45, 7) is 0.374. The number of rotatable bonds is 17. The average Bonchev–Trinajstić information content (AvgIpc) is 1.59. The predicted octanol–water partition coefficient (Wildman–Crippen LogP) is 22.5. The Bertz CT molecular complexity index is 8450. The second-order valence-corrected chi connectivity index (χ2v) is 30.7. The Kier molecular flexibility index (Phi) is 26.2. The molecule has 662 valence electrons. The fourth-order valence-electron chi connectivity index (χ4n) is 16.5. The number of aliphatic imine (C=N–C) groups is 1. The van der Waals surface area contributed by atoms with E-state index >= 15 is 0 Å². The Morgan fingerprint density at radius 2 is 1.16 bits per heavy atom. The first-order valence-corrected chi connectivity index (χ1v) is 42.2. The van der Waals surface area contributed by atoms with E-state index in [9.17, 15) is 0 Å². The number of pyridine rings is 7. The molecule has 135 heavy (non-hydrogen) atoms. The molecule has 0 aliphatic carbocycles. The molecule has 0 aliphatic rings. The normalized spacial score (nSPS) is 11.1. The molecule has 4 radical (unpaired) electrons. The number of hydrogen-bond donors (Lipinski definition) is 0. The summed E-state index contributed by atoms with van der Waals surface area (Å²) in [5.74, 6) is 6.42. The van der Waals surface area contributed by atoms with Crippen LogP contribution in [0.4, 0.5) is 28.8 Å². The Hall–Kier alpha value is -16.2. The fraction of sp³-hybridized carbons (Fsp3) is 0.0374. The maximum atomic E-state index is 6.06. The van der Waals surface area contributed by atoms with Crippen LogP contribution in [0, 0.1) is 30.5 Å². The third-order valence-electron chi connectivity index (χ3n) is 22.5. The van der Waals surface area contributed by atoms with E-state index < -0.39 is 0 Å². The second kappa shape index (κ2) is 39.5. The van der Waals surface area contributed by atoms with Gasteiger partial charge < -0.3 is 40.8 Å². The molecule has 24 nitrogen and oxygen atoms in total. The Labute approximate surface area is 814 Å². The average molecular weight is 1940 g/mol. The topological polar surface area (TPSA) is 235 Å². The van der Waals surface area contributed by atoms with Gasteiger partial charge in [-0.15, -0.1) is 76.3 Å². The molecular formula is C107H73Co4N20O4-. The number of fused-ring (bicyclic) bond motifs is 9. The molecule has 0 spiro atoms. The van der Waals surface area contributed by atoms with Gasteiger partial charge in [0.1, 0.15) is 64.3 Å². The van der Waals surface area contributed by atoms with Gasteiger partial charge in [-0.1, -0.05) is 173 Å². The summed E-state index contributed by atoms with van der Waals surface area (Å²) in [6, 6.07) is 115. The zero-order valence-electron chi connectivity index (χ0n) is 71.9. The van der Waals surface area contributed by atoms with Crippen molar-refractivity contribution in [2.75, 3.05) is 16.5 Å². The number of hydrogen-bond acceptors (Lipinski definition) is 16. The standard InChI is InChI=1S/C32H20N4O.C27H17N4.C26H21N6O2.C22H15N6O.4Co/c1-2-10-24(11-3-1)36(31-17-7-13-27(33-31)25-12-6-15-29-26(25)20-22-37-29)32-18-8-16-30(34-32)35-21-19-23-9-4-5-14-28(23)35;1-2-9-19(10-3-1)22-13-8-15-26(29-22)31-25-14-5-4-11-20(25)21-16-17-24(30-27(21)31)23-12-6-7-18-28-23;1-30-14-21(24-25(30)31(2)17-28-24)22-9-6-10-23(29-22)32(19-7-4-3-5-8-19)16-27-13-18-15-34-26-20(18)11-12-33-26;1-26-14-16(15-6-2-3-7-17(15)26)22-25-21-18(29-22)10-13-27(21)19-8-4-9-20(24-19)28-12-5-11-23-28;;;;/h1-13,15-19,21-22H;1-9,11-18H;3-10,12-15,17H,16H2,1-2H3;2-13H,1H3;;;;/q-2;3*-1;;;2*+2. The number of nitrogens with zero attached hydrogens (tertiary/aromatic N) is 20. The quantitative estimate of drug-likeness (QED) is 0.0468. The summed E-state index contributed by atoms with van der Waals surface area (Å²) in [6.07, 6.45) is 23.0. The van der Waals surface area contributed by atoms with E-state index in [-0.39, 0.29) is 67.1 Å². The van der Waals surface area contributed by atoms with Crippen LogP contribution in [0.2, 0.25) is 0 Å². The summed E-state index contributed by atoms with van der Waals surface area (Å²) in [4.78, 5) is 52.5. The van der Waals surface area contributed by atoms with E-state index in [0.29, 0.717) is 29.6 Å². The minimum absolute atomic E-state index is 0. The van der Waals surface area contributed by atoms with Crippen molar-refractivity contribution in [2.24, 2.45) is 26.1 Å². The van der Waals surface area contributed by atoms with Gasteiger partial charge in [0.25, 0.3) is 0 Å². The van der Waals surface area contributed by atoms with Crippen LogP contribution in [0.15, 0.2) is 394 Å². The molecule has 0 amide bonds. The van der Waals surface area contributed by atoms with E-state index in [4.69, 9.17) is 52.6 Å². The zero-order chi connectivity index (χ0) is 87.7. The number of imidazole rings is 1. The number of oxazole rings is 1. The molecule has 0 saturated heterocycles. The maximum Gasteiger partial charge on any atom is 2.00 e. The molecule has 0 aliphatic heterocycles. The molecule has 0 fully saturated rings. The second-order valence-electron chi connectivity index (χ2n) is 30.7. The monoisotopic (exact) mass is 1940 g/mol. The molecule has 28 heteroatoms. The van der Waals surface area contributed by atoms with Crippen LogP contribution < -0.4 is 19.4 Å². The minimum Gasteiger partial charge on any atom is -0.535 e. The molecule has 0 saturated carbocycles. The maximum absolute atomic E-state index is 6.06. The number of aromatic nitrogens is 17. The van der Waals surface area contributed by atoms with Crippen LogP contribution >= 0.6 is 0 Å². The smallest absolute Gasteiger partial charge is 0.535 e. The Balaban J connectivity index is 0.000000119. The van der Waals surface area contributed by atoms with Gasteiger partial charge in [0.2, 0.25) is 0 Å². The molecule has 0 unspecified atom stereocenters. The van der Waals surface area contributed by atoms with E-state index in [1.165, 1.54) is 6.26 Å². The van der Waals surface area contributed by atoms with Crippen molar-refractivity contribution in [3.8, 4) is 79.9 Å². The van der Waals surface area contributed by atoms with Gasteiger partial charge in [-0.05, 0) is 140 Å². The van der Waals surface area contributed by atoms with E-state index in [0.717, 1.165) is 180 Å². The van der Waals surface area contributed by atoms with Gasteiger partial charge >= 0.3 is 33.6 Å². The van der Waals surface area contributed by atoms with Crippen LogP contribution in [0.25, 0.3) is 168 Å². The van der Waals surface area contributed by atoms with Crippen molar-refractivity contribution in [3.63, 3.8) is 0 Å². The van der Waals surface area contributed by atoms with Gasteiger partial charge in [0, 0.05) is 142 Å². The van der Waals surface area contributed by atoms with Gasteiger partial charge in [0.15, 0.2) is 22.8 Å². The van der Waals surface area contributed by atoms with Crippen molar-refractivity contribution in [1.82, 2.24) is 77.5 Å². The number of aryl methyl sites for hydroxylation is 3. The Morgan fingerprint density at radius 1 is 0.474 bits per heavy atom. The Morgan fingerprint density at radius 3 is 1.97 bits per heavy atom. The number of benzene rings is 7. The van der Waals surface area contributed by atoms with E-state index in [1.54, 1.807) is 35.8 Å². The van der Waals surface area contributed by atoms with Crippen LogP contribution in [0.1, 0.15) is 5.56 Å². The molecule has 18 aromatic heterocycles. The molecule has 0 bridgehead atoms. The third-order valence-corrected chi connectivity index (χ3v) is 22.5. The van der Waals surface area contributed by atoms with E-state index in [2.05, 4.69) is 141 Å². The van der Waals surface area contributed by atoms with Crippen molar-refractivity contribution >= 4 is 123 Å². The van der Waals surface area contributed by atoms with Gasteiger partial charge in [0.05, 0.1) is 28.9 Å². The SMILES string of the molecule is Cn1[c-]c(-c2nc3c(ccn3-c3cccc(-n4cccn4)n3)o2)c2ccccc21.Cn1cc(-c2cccc(N(CN=Cc3coc4oc[c-]c34)c3ccccc3)n2)c2[n-]c[n+](C)c21.[Co+2].[Co+2].[Co].[Co].[c-]1ccccc1-c1cccc(-n2c3ccccc3c3ccc(-c4ccccn4)nc32)n1.[c-]1coc2cccc(-c3cccc(N(c4ccccc4)c4cccc(-n5ccc6ccc[c-]c65)n4)n3)c12. The summed E-state index contributed by atoms with van der Waals surface area (Å²) >= 11 is 0. The van der Waals surface area contributed by atoms with E-state index in [1.807, 2.05) is 308 Å². The molecule has 25 aromatic rings. The number of anilines is 5. The van der Waals surface area contributed by atoms with Crippen LogP contribution in [-0.2, 0) is 88.3 Å². The fourth-order valence-corrected chi connectivity index (χ4v) is 16.5. The molecule has 18 heterocycles. The molecule has 25 rings (SSSR count). The van der Waals surface area contributed by atoms with Crippen molar-refractivity contribution < 1.29 is 89.4 Å². The number of para-hydroxylation sites is 5. The third kappa shape index (κ3) is 17.7. The first kappa shape index (κ1) is 89.4.